The number of hydrogen-bond acceptors (Lipinski definition) is 4. The highest BCUT2D eigenvalue weighted by atomic mass is 35.5. The van der Waals surface area contributed by atoms with E-state index in [1.807, 2.05) is 0 Å². The fourth-order valence-electron chi connectivity index (χ4n) is 2.41. The van der Waals surface area contributed by atoms with E-state index in [2.05, 4.69) is 16.0 Å². The number of para-hydroxylation sites is 1. The van der Waals surface area contributed by atoms with E-state index in [-0.39, 0.29) is 5.69 Å². The van der Waals surface area contributed by atoms with Crippen LogP contribution in [0, 0.1) is 6.92 Å². The number of nitrogens with one attached hydrogen (secondary N) is 2. The predicted octanol–water partition coefficient (Wildman–Crippen LogP) is 2.27. The summed E-state index contributed by atoms with van der Waals surface area (Å²) < 4.78 is 1.40. The minimum atomic E-state index is -0.829. The molecule has 3 rings (SSSR count). The van der Waals surface area contributed by atoms with Gasteiger partial charge in [-0.25, -0.2) is 4.68 Å². The molecule has 2 amide bonds. The van der Waals surface area contributed by atoms with Gasteiger partial charge in [-0.15, -0.1) is 0 Å². The molecule has 3 aromatic rings. The van der Waals surface area contributed by atoms with Gasteiger partial charge >= 0.3 is 0 Å². The average molecular weight is 383 g/mol. The number of aryl methyl sites for hydroxylation is 1. The molecule has 0 aliphatic carbocycles. The highest BCUT2D eigenvalue weighted by molar-refractivity contribution is 6.32. The molecule has 0 unspecified atom stereocenters. The Morgan fingerprint density at radius 1 is 0.963 bits per heavy atom. The van der Waals surface area contributed by atoms with Gasteiger partial charge in [-0.05, 0) is 31.2 Å². The van der Waals surface area contributed by atoms with Crippen molar-refractivity contribution in [2.45, 2.75) is 6.92 Å². The molecule has 0 aliphatic heterocycles. The van der Waals surface area contributed by atoms with Crippen LogP contribution in [0.3, 0.4) is 0 Å². The number of halogens is 1. The van der Waals surface area contributed by atoms with Crippen LogP contribution in [0.2, 0.25) is 5.02 Å². The molecule has 0 spiro atoms. The smallest absolute Gasteiger partial charge is 0.287 e. The van der Waals surface area contributed by atoms with E-state index in [4.69, 9.17) is 11.6 Å². The Morgan fingerprint density at radius 3 is 2.30 bits per heavy atom. The van der Waals surface area contributed by atoms with Gasteiger partial charge in [0.2, 0.25) is 5.43 Å². The summed E-state index contributed by atoms with van der Waals surface area (Å²) in [6, 6.07) is 16.5. The highest BCUT2D eigenvalue weighted by Gasteiger charge is 2.17. The first-order valence-corrected chi connectivity index (χ1v) is 8.37. The summed E-state index contributed by atoms with van der Waals surface area (Å²) in [7, 11) is 0. The normalized spacial score (nSPS) is 10.3. The molecular weight excluding hydrogens is 368 g/mol. The fraction of sp³-hybridized carbons (Fsp3) is 0.0526. The third-order valence-electron chi connectivity index (χ3n) is 3.73. The van der Waals surface area contributed by atoms with Crippen molar-refractivity contribution in [2.24, 2.45) is 0 Å². The molecule has 1 heterocycles. The van der Waals surface area contributed by atoms with Crippen LogP contribution in [0.25, 0.3) is 5.69 Å². The molecule has 0 bridgehead atoms. The topological polar surface area (TPSA) is 93.1 Å². The van der Waals surface area contributed by atoms with Gasteiger partial charge in [0, 0.05) is 17.3 Å². The van der Waals surface area contributed by atoms with Crippen molar-refractivity contribution in [2.75, 3.05) is 0 Å². The lowest BCUT2D eigenvalue weighted by molar-refractivity contribution is 0.0842. The van der Waals surface area contributed by atoms with E-state index in [0.29, 0.717) is 22.0 Å². The third-order valence-corrected chi connectivity index (χ3v) is 4.05. The van der Waals surface area contributed by atoms with Gasteiger partial charge < -0.3 is 0 Å². The van der Waals surface area contributed by atoms with Crippen LogP contribution < -0.4 is 16.3 Å². The summed E-state index contributed by atoms with van der Waals surface area (Å²) in [5, 5.41) is 4.53. The standard InChI is InChI=1S/C19H15ClN4O3/c1-12-11-16(25)17(23-24(12)15-10-6-5-9-14(15)20)19(27)22-21-18(26)13-7-3-2-4-8-13/h2-11H,1H3,(H,21,26)(H,22,27). The Hall–Kier alpha value is -3.45. The Bertz CT molecular complexity index is 1060. The molecule has 7 nitrogen and oxygen atoms in total. The summed E-state index contributed by atoms with van der Waals surface area (Å²) in [4.78, 5) is 36.5. The second-order valence-corrected chi connectivity index (χ2v) is 6.04. The summed E-state index contributed by atoms with van der Waals surface area (Å²) >= 11 is 6.18. The van der Waals surface area contributed by atoms with E-state index in [0.717, 1.165) is 0 Å². The number of aromatic nitrogens is 2. The van der Waals surface area contributed by atoms with E-state index in [9.17, 15) is 14.4 Å². The quantitative estimate of drug-likeness (QED) is 0.679. The number of carbonyl (C=O) groups is 2. The number of carbonyl (C=O) groups excluding carboxylic acids is 2. The predicted molar refractivity (Wildman–Crippen MR) is 101 cm³/mol. The first-order valence-electron chi connectivity index (χ1n) is 7.99. The summed E-state index contributed by atoms with van der Waals surface area (Å²) in [5.74, 6) is -1.34. The van der Waals surface area contributed by atoms with Crippen molar-refractivity contribution in [1.82, 2.24) is 20.6 Å². The van der Waals surface area contributed by atoms with Crippen molar-refractivity contribution >= 4 is 23.4 Å². The van der Waals surface area contributed by atoms with E-state index >= 15 is 0 Å². The monoisotopic (exact) mass is 382 g/mol. The summed E-state index contributed by atoms with van der Waals surface area (Å²) in [6.07, 6.45) is 0. The van der Waals surface area contributed by atoms with Gasteiger partial charge in [-0.1, -0.05) is 41.9 Å². The molecule has 2 N–H and O–H groups in total. The average Bonchev–Trinajstić information content (AvgIpc) is 2.67. The number of rotatable bonds is 3. The number of amides is 2. The Balaban J connectivity index is 1.85. The Labute approximate surface area is 159 Å². The van der Waals surface area contributed by atoms with E-state index in [1.165, 1.54) is 10.7 Å². The van der Waals surface area contributed by atoms with Gasteiger partial charge in [0.15, 0.2) is 5.69 Å². The van der Waals surface area contributed by atoms with Crippen molar-refractivity contribution in [1.29, 1.82) is 0 Å². The zero-order valence-electron chi connectivity index (χ0n) is 14.3. The van der Waals surface area contributed by atoms with Gasteiger partial charge in [0.1, 0.15) is 0 Å². The van der Waals surface area contributed by atoms with E-state index in [1.54, 1.807) is 61.5 Å². The number of hydrogen-bond donors (Lipinski definition) is 2. The van der Waals surface area contributed by atoms with Gasteiger partial charge in [0.05, 0.1) is 10.7 Å². The number of nitrogens with zero attached hydrogens (tertiary/aromatic N) is 2. The minimum Gasteiger partial charge on any atom is -0.287 e. The molecule has 1 aromatic heterocycles. The second-order valence-electron chi connectivity index (χ2n) is 5.64. The summed E-state index contributed by atoms with van der Waals surface area (Å²) in [6.45, 7) is 1.68. The van der Waals surface area contributed by atoms with Crippen molar-refractivity contribution in [3.05, 3.63) is 92.9 Å². The number of benzene rings is 2. The van der Waals surface area contributed by atoms with Gasteiger partial charge in [-0.2, -0.15) is 5.10 Å². The minimum absolute atomic E-state index is 0.364. The van der Waals surface area contributed by atoms with Crippen LogP contribution in [0.5, 0.6) is 0 Å². The highest BCUT2D eigenvalue weighted by Crippen LogP contribution is 2.19. The zero-order chi connectivity index (χ0) is 19.4. The van der Waals surface area contributed by atoms with Crippen LogP contribution >= 0.6 is 11.6 Å². The van der Waals surface area contributed by atoms with Crippen molar-refractivity contribution in [3.8, 4) is 5.69 Å². The molecule has 27 heavy (non-hydrogen) atoms. The molecule has 136 valence electrons. The molecule has 0 aliphatic rings. The molecule has 0 saturated carbocycles. The Kier molecular flexibility index (Phi) is 5.33. The molecule has 0 radical (unpaired) electrons. The largest absolute Gasteiger partial charge is 0.294 e. The second kappa shape index (κ2) is 7.84. The Morgan fingerprint density at radius 2 is 1.59 bits per heavy atom. The van der Waals surface area contributed by atoms with E-state index < -0.39 is 17.2 Å². The number of hydrazine groups is 1. The van der Waals surface area contributed by atoms with Crippen LogP contribution in [0.4, 0.5) is 0 Å². The molecular formula is C19H15ClN4O3. The van der Waals surface area contributed by atoms with Crippen LogP contribution in [-0.4, -0.2) is 21.6 Å². The van der Waals surface area contributed by atoms with Crippen LogP contribution in [-0.2, 0) is 0 Å². The first kappa shape index (κ1) is 18.3. The lowest BCUT2D eigenvalue weighted by atomic mass is 10.2. The molecule has 0 atom stereocenters. The van der Waals surface area contributed by atoms with Crippen LogP contribution in [0.1, 0.15) is 26.5 Å². The van der Waals surface area contributed by atoms with Gasteiger partial charge in [0.25, 0.3) is 11.8 Å². The fourth-order valence-corrected chi connectivity index (χ4v) is 2.62. The SMILES string of the molecule is Cc1cc(=O)c(C(=O)NNC(=O)c2ccccc2)nn1-c1ccccc1Cl. The molecule has 0 saturated heterocycles. The van der Waals surface area contributed by atoms with Crippen LogP contribution in [0.15, 0.2) is 65.5 Å². The lowest BCUT2D eigenvalue weighted by Crippen LogP contribution is -2.44. The molecule has 0 fully saturated rings. The first-order chi connectivity index (χ1) is 13.0. The maximum atomic E-state index is 12.3. The van der Waals surface area contributed by atoms with Gasteiger partial charge in [-0.3, -0.25) is 25.2 Å². The molecule has 8 heteroatoms. The zero-order valence-corrected chi connectivity index (χ0v) is 15.0. The summed E-state index contributed by atoms with van der Waals surface area (Å²) in [5.41, 5.74) is 4.93. The third kappa shape index (κ3) is 4.04. The maximum Gasteiger partial charge on any atom is 0.294 e. The molecule has 2 aromatic carbocycles. The lowest BCUT2D eigenvalue weighted by Gasteiger charge is -2.13. The maximum absolute atomic E-state index is 12.3. The van der Waals surface area contributed by atoms with Crippen molar-refractivity contribution in [3.63, 3.8) is 0 Å². The van der Waals surface area contributed by atoms with Crippen molar-refractivity contribution < 1.29 is 9.59 Å².